The van der Waals surface area contributed by atoms with Gasteiger partial charge in [0, 0.05) is 11.0 Å². The van der Waals surface area contributed by atoms with Gasteiger partial charge in [0.05, 0.1) is 5.52 Å². The third kappa shape index (κ3) is 3.15. The average molecular weight is 322 g/mol. The maximum atomic E-state index is 12.7. The van der Waals surface area contributed by atoms with Gasteiger partial charge in [-0.15, -0.1) is 5.10 Å². The molecule has 5 nitrogen and oxygen atoms in total. The quantitative estimate of drug-likeness (QED) is 0.799. The summed E-state index contributed by atoms with van der Waals surface area (Å²) in [7, 11) is 0. The van der Waals surface area contributed by atoms with Crippen molar-refractivity contribution < 1.29 is 4.79 Å². The highest BCUT2D eigenvalue weighted by molar-refractivity contribution is 5.94. The van der Waals surface area contributed by atoms with Gasteiger partial charge in [0.25, 0.3) is 5.91 Å². The Hall–Kier alpha value is -2.69. The van der Waals surface area contributed by atoms with Crippen molar-refractivity contribution in [2.45, 2.75) is 33.9 Å². The van der Waals surface area contributed by atoms with Gasteiger partial charge < -0.3 is 5.32 Å². The number of fused-ring (bicyclic) bond motifs is 1. The van der Waals surface area contributed by atoms with Crippen molar-refractivity contribution in [3.8, 4) is 0 Å². The number of carbonyl (C=O) groups excluding carboxylic acids is 1. The summed E-state index contributed by atoms with van der Waals surface area (Å²) in [6.45, 7) is 8.22. The maximum absolute atomic E-state index is 12.7. The van der Waals surface area contributed by atoms with Crippen molar-refractivity contribution in [3.63, 3.8) is 0 Å². The van der Waals surface area contributed by atoms with E-state index in [1.807, 2.05) is 55.5 Å². The number of carbonyl (C=O) groups is 1. The van der Waals surface area contributed by atoms with Crippen LogP contribution in [0, 0.1) is 12.3 Å². The molecule has 1 aromatic heterocycles. The minimum Gasteiger partial charge on any atom is -0.330 e. The molecule has 1 amide bonds. The Morgan fingerprint density at radius 3 is 2.42 bits per heavy atom. The second kappa shape index (κ2) is 6.07. The first kappa shape index (κ1) is 16.2. The lowest BCUT2D eigenvalue weighted by Gasteiger charge is -2.31. The number of nitrogens with one attached hydrogen (secondary N) is 1. The predicted octanol–water partition coefficient (Wildman–Crippen LogP) is 3.71. The molecule has 0 radical (unpaired) electrons. The van der Waals surface area contributed by atoms with E-state index in [1.54, 1.807) is 4.68 Å². The first-order valence-electron chi connectivity index (χ1n) is 8.04. The predicted molar refractivity (Wildman–Crippen MR) is 94.7 cm³/mol. The van der Waals surface area contributed by atoms with E-state index in [2.05, 4.69) is 36.4 Å². The summed E-state index contributed by atoms with van der Waals surface area (Å²) < 4.78 is 1.79. The fourth-order valence-corrected chi connectivity index (χ4v) is 2.63. The Kier molecular flexibility index (Phi) is 4.09. The van der Waals surface area contributed by atoms with Gasteiger partial charge in [-0.2, -0.15) is 0 Å². The molecule has 0 spiro atoms. The van der Waals surface area contributed by atoms with Crippen LogP contribution in [0.2, 0.25) is 0 Å². The van der Waals surface area contributed by atoms with Crippen LogP contribution >= 0.6 is 0 Å². The van der Waals surface area contributed by atoms with Crippen LogP contribution in [0.15, 0.2) is 48.5 Å². The molecule has 2 aromatic carbocycles. The molecule has 0 aliphatic rings. The first-order valence-corrected chi connectivity index (χ1v) is 8.04. The molecule has 1 unspecified atom stereocenters. The lowest BCUT2D eigenvalue weighted by atomic mass is 9.91. The van der Waals surface area contributed by atoms with Gasteiger partial charge in [-0.1, -0.05) is 55.8 Å². The van der Waals surface area contributed by atoms with E-state index < -0.39 is 0 Å². The van der Waals surface area contributed by atoms with E-state index in [0.717, 1.165) is 16.6 Å². The van der Waals surface area contributed by atoms with Crippen molar-refractivity contribution in [2.75, 3.05) is 0 Å². The van der Waals surface area contributed by atoms with Crippen LogP contribution < -0.4 is 5.32 Å². The number of amides is 1. The van der Waals surface area contributed by atoms with E-state index in [1.165, 1.54) is 0 Å². The molecule has 3 rings (SSSR count). The van der Waals surface area contributed by atoms with Gasteiger partial charge >= 0.3 is 0 Å². The van der Waals surface area contributed by atoms with E-state index in [-0.39, 0.29) is 17.5 Å². The summed E-state index contributed by atoms with van der Waals surface area (Å²) in [6.07, 6.45) is -0.307. The number of rotatable bonds is 3. The van der Waals surface area contributed by atoms with Crippen molar-refractivity contribution in [3.05, 3.63) is 59.7 Å². The minimum atomic E-state index is -0.307. The third-order valence-electron chi connectivity index (χ3n) is 4.02. The Morgan fingerprint density at radius 1 is 1.08 bits per heavy atom. The summed E-state index contributed by atoms with van der Waals surface area (Å²) >= 11 is 0. The summed E-state index contributed by atoms with van der Waals surface area (Å²) in [5.41, 5.74) is 3.26. The van der Waals surface area contributed by atoms with E-state index >= 15 is 0 Å². The molecule has 0 aliphatic heterocycles. The zero-order valence-corrected chi connectivity index (χ0v) is 14.4. The smallest absolute Gasteiger partial charge is 0.252 e. The monoisotopic (exact) mass is 322 g/mol. The van der Waals surface area contributed by atoms with Gasteiger partial charge in [-0.25, -0.2) is 4.68 Å². The molecule has 5 heteroatoms. The zero-order chi connectivity index (χ0) is 17.3. The van der Waals surface area contributed by atoms with Crippen molar-refractivity contribution in [1.29, 1.82) is 0 Å². The number of aryl methyl sites for hydroxylation is 1. The number of aromatic nitrogens is 3. The Balaban J connectivity index is 1.96. The summed E-state index contributed by atoms with van der Waals surface area (Å²) in [4.78, 5) is 12.7. The highest BCUT2D eigenvalue weighted by Crippen LogP contribution is 2.30. The number of para-hydroxylation sites is 1. The van der Waals surface area contributed by atoms with E-state index in [9.17, 15) is 4.79 Å². The van der Waals surface area contributed by atoms with Crippen LogP contribution in [0.1, 0.15) is 42.9 Å². The van der Waals surface area contributed by atoms with Gasteiger partial charge in [0.15, 0.2) is 0 Å². The largest absolute Gasteiger partial charge is 0.330 e. The fourth-order valence-electron chi connectivity index (χ4n) is 2.63. The lowest BCUT2D eigenvalue weighted by Crippen LogP contribution is -2.41. The van der Waals surface area contributed by atoms with Gasteiger partial charge in [-0.3, -0.25) is 4.79 Å². The Morgan fingerprint density at radius 2 is 1.75 bits per heavy atom. The number of benzene rings is 2. The molecule has 3 aromatic rings. The molecule has 1 heterocycles. The second-order valence-electron chi connectivity index (χ2n) is 7.13. The third-order valence-corrected chi connectivity index (χ3v) is 4.02. The van der Waals surface area contributed by atoms with Crippen molar-refractivity contribution in [2.24, 2.45) is 5.41 Å². The summed E-state index contributed by atoms with van der Waals surface area (Å²) in [5.74, 6) is -0.116. The molecular formula is C19H22N4O. The van der Waals surface area contributed by atoms with Gasteiger partial charge in [0.2, 0.25) is 0 Å². The summed E-state index contributed by atoms with van der Waals surface area (Å²) in [5, 5.41) is 11.6. The number of hydrogen-bond acceptors (Lipinski definition) is 3. The molecule has 124 valence electrons. The van der Waals surface area contributed by atoms with Gasteiger partial charge in [-0.05, 0) is 31.2 Å². The van der Waals surface area contributed by atoms with Gasteiger partial charge in [0.1, 0.15) is 11.7 Å². The van der Waals surface area contributed by atoms with E-state index in [0.29, 0.717) is 5.56 Å². The molecule has 24 heavy (non-hydrogen) atoms. The molecule has 1 atom stereocenters. The molecule has 0 saturated carbocycles. The maximum Gasteiger partial charge on any atom is 0.252 e. The van der Waals surface area contributed by atoms with Crippen LogP contribution in [0.25, 0.3) is 11.0 Å². The van der Waals surface area contributed by atoms with Crippen LogP contribution in [0.5, 0.6) is 0 Å². The molecule has 1 N–H and O–H groups in total. The van der Waals surface area contributed by atoms with Crippen LogP contribution in [-0.4, -0.2) is 20.9 Å². The van der Waals surface area contributed by atoms with Crippen LogP contribution in [-0.2, 0) is 0 Å². The molecule has 0 fully saturated rings. The standard InChI is InChI=1S/C19H22N4O/c1-13-9-11-14(12-10-13)17(24)20-18(19(2,3)4)23-16-8-6-5-7-15(16)21-22-23/h5-12,18H,1-4H3,(H,20,24). The van der Waals surface area contributed by atoms with Crippen molar-refractivity contribution in [1.82, 2.24) is 20.3 Å². The normalized spacial score (nSPS) is 13.0. The molecule has 0 bridgehead atoms. The number of nitrogens with zero attached hydrogens (tertiary/aromatic N) is 3. The fraction of sp³-hybridized carbons (Fsp3) is 0.316. The summed E-state index contributed by atoms with van der Waals surface area (Å²) in [6, 6.07) is 15.3. The molecular weight excluding hydrogens is 300 g/mol. The highest BCUT2D eigenvalue weighted by atomic mass is 16.1. The molecule has 0 saturated heterocycles. The highest BCUT2D eigenvalue weighted by Gasteiger charge is 2.30. The van der Waals surface area contributed by atoms with E-state index in [4.69, 9.17) is 0 Å². The topological polar surface area (TPSA) is 59.8 Å². The lowest BCUT2D eigenvalue weighted by molar-refractivity contribution is 0.0843. The average Bonchev–Trinajstić information content (AvgIpc) is 2.95. The minimum absolute atomic E-state index is 0.116. The van der Waals surface area contributed by atoms with Crippen molar-refractivity contribution >= 4 is 16.9 Å². The van der Waals surface area contributed by atoms with Crippen LogP contribution in [0.3, 0.4) is 0 Å². The Labute approximate surface area is 141 Å². The Bertz CT molecular complexity index is 859. The second-order valence-corrected chi connectivity index (χ2v) is 7.13. The number of hydrogen-bond donors (Lipinski definition) is 1. The molecule has 0 aliphatic carbocycles. The first-order chi connectivity index (χ1) is 11.4. The zero-order valence-electron chi connectivity index (χ0n) is 14.4. The SMILES string of the molecule is Cc1ccc(C(=O)NC(n2nnc3ccccc32)C(C)(C)C)cc1. The van der Waals surface area contributed by atoms with Crippen LogP contribution in [0.4, 0.5) is 0 Å².